The van der Waals surface area contributed by atoms with Crippen LogP contribution in [0.25, 0.3) is 0 Å². The van der Waals surface area contributed by atoms with Gasteiger partial charge in [-0.05, 0) is 18.8 Å². The van der Waals surface area contributed by atoms with Crippen LogP contribution in [-0.4, -0.2) is 12.4 Å². The number of rotatable bonds is 3. The first kappa shape index (κ1) is 10.3. The third-order valence-corrected chi connectivity index (χ3v) is 2.02. The zero-order valence-corrected chi connectivity index (χ0v) is 8.51. The van der Waals surface area contributed by atoms with Gasteiger partial charge in [-0.1, -0.05) is 13.8 Å². The van der Waals surface area contributed by atoms with Crippen molar-refractivity contribution in [2.75, 3.05) is 6.61 Å². The number of allylic oxidation sites excluding steroid dienone is 2. The molecule has 0 saturated heterocycles. The fourth-order valence-corrected chi connectivity index (χ4v) is 1.31. The van der Waals surface area contributed by atoms with Gasteiger partial charge in [0.15, 0.2) is 5.78 Å². The smallest absolute Gasteiger partial charge is 0.159 e. The lowest BCUT2D eigenvalue weighted by molar-refractivity contribution is -0.114. The first-order chi connectivity index (χ1) is 6.18. The normalized spacial score (nSPS) is 18.4. The Bertz CT molecular complexity index is 204. The second-order valence-electron chi connectivity index (χ2n) is 3.99. The second-order valence-corrected chi connectivity index (χ2v) is 3.99. The van der Waals surface area contributed by atoms with Crippen molar-refractivity contribution in [2.45, 2.75) is 39.5 Å². The minimum absolute atomic E-state index is 0.219. The monoisotopic (exact) mass is 182 g/mol. The van der Waals surface area contributed by atoms with E-state index in [0.717, 1.165) is 31.6 Å². The molecule has 0 bridgehead atoms. The van der Waals surface area contributed by atoms with E-state index in [-0.39, 0.29) is 5.78 Å². The van der Waals surface area contributed by atoms with E-state index in [2.05, 4.69) is 13.8 Å². The molecular weight excluding hydrogens is 164 g/mol. The first-order valence-corrected chi connectivity index (χ1v) is 5.04. The molecule has 0 amide bonds. The fraction of sp³-hybridized carbons (Fsp3) is 0.727. The summed E-state index contributed by atoms with van der Waals surface area (Å²) in [7, 11) is 0. The predicted molar refractivity (Wildman–Crippen MR) is 52.3 cm³/mol. The molecule has 1 rings (SSSR count). The molecule has 0 aliphatic heterocycles. The zero-order valence-electron chi connectivity index (χ0n) is 8.51. The quantitative estimate of drug-likeness (QED) is 0.670. The van der Waals surface area contributed by atoms with Crippen LogP contribution in [0.4, 0.5) is 0 Å². The van der Waals surface area contributed by atoms with Crippen LogP contribution in [0.1, 0.15) is 39.5 Å². The largest absolute Gasteiger partial charge is 0.498 e. The summed E-state index contributed by atoms with van der Waals surface area (Å²) in [5.41, 5.74) is 0. The zero-order chi connectivity index (χ0) is 9.68. The summed E-state index contributed by atoms with van der Waals surface area (Å²) in [5, 5.41) is 0. The van der Waals surface area contributed by atoms with Crippen LogP contribution in [0, 0.1) is 5.92 Å². The van der Waals surface area contributed by atoms with Gasteiger partial charge in [0.05, 0.1) is 12.4 Å². The molecule has 0 heterocycles. The minimum atomic E-state index is 0.219. The van der Waals surface area contributed by atoms with E-state index in [4.69, 9.17) is 4.74 Å². The van der Waals surface area contributed by atoms with Crippen molar-refractivity contribution in [1.29, 1.82) is 0 Å². The average molecular weight is 182 g/mol. The van der Waals surface area contributed by atoms with Crippen molar-refractivity contribution >= 4 is 5.78 Å². The lowest BCUT2D eigenvalue weighted by Crippen LogP contribution is -2.02. The molecule has 0 spiro atoms. The highest BCUT2D eigenvalue weighted by atomic mass is 16.5. The van der Waals surface area contributed by atoms with Gasteiger partial charge in [0.25, 0.3) is 0 Å². The van der Waals surface area contributed by atoms with Gasteiger partial charge in [0.2, 0.25) is 0 Å². The molecule has 0 radical (unpaired) electrons. The van der Waals surface area contributed by atoms with Crippen LogP contribution in [0.15, 0.2) is 11.8 Å². The molecule has 0 atom stereocenters. The van der Waals surface area contributed by atoms with Gasteiger partial charge in [-0.2, -0.15) is 0 Å². The molecule has 74 valence electrons. The topological polar surface area (TPSA) is 26.3 Å². The van der Waals surface area contributed by atoms with Crippen LogP contribution < -0.4 is 0 Å². The first-order valence-electron chi connectivity index (χ1n) is 5.04. The Hall–Kier alpha value is -0.790. The molecule has 0 aromatic carbocycles. The van der Waals surface area contributed by atoms with Gasteiger partial charge in [0.1, 0.15) is 0 Å². The van der Waals surface area contributed by atoms with Crippen molar-refractivity contribution < 1.29 is 9.53 Å². The lowest BCUT2D eigenvalue weighted by Gasteiger charge is -2.10. The molecular formula is C11H18O2. The van der Waals surface area contributed by atoms with E-state index < -0.39 is 0 Å². The minimum Gasteiger partial charge on any atom is -0.498 e. The second kappa shape index (κ2) is 5.05. The van der Waals surface area contributed by atoms with Gasteiger partial charge in [-0.3, -0.25) is 4.79 Å². The Morgan fingerprint density at radius 1 is 1.38 bits per heavy atom. The maximum Gasteiger partial charge on any atom is 0.159 e. The molecule has 0 aromatic rings. The van der Waals surface area contributed by atoms with Crippen molar-refractivity contribution in [3.63, 3.8) is 0 Å². The molecule has 13 heavy (non-hydrogen) atoms. The van der Waals surface area contributed by atoms with Crippen LogP contribution in [-0.2, 0) is 9.53 Å². The summed E-state index contributed by atoms with van der Waals surface area (Å²) in [6, 6.07) is 0. The van der Waals surface area contributed by atoms with Gasteiger partial charge in [-0.15, -0.1) is 0 Å². The van der Waals surface area contributed by atoms with Gasteiger partial charge < -0.3 is 4.74 Å². The van der Waals surface area contributed by atoms with Crippen molar-refractivity contribution in [1.82, 2.24) is 0 Å². The van der Waals surface area contributed by atoms with Crippen molar-refractivity contribution in [3.05, 3.63) is 11.8 Å². The molecule has 1 aliphatic rings. The summed E-state index contributed by atoms with van der Waals surface area (Å²) < 4.78 is 5.54. The van der Waals surface area contributed by atoms with E-state index in [0.29, 0.717) is 12.3 Å². The maximum absolute atomic E-state index is 11.2. The Morgan fingerprint density at radius 2 is 2.08 bits per heavy atom. The van der Waals surface area contributed by atoms with Crippen LogP contribution in [0.3, 0.4) is 0 Å². The van der Waals surface area contributed by atoms with E-state index in [1.807, 2.05) is 0 Å². The van der Waals surface area contributed by atoms with Gasteiger partial charge in [0, 0.05) is 18.9 Å². The maximum atomic E-state index is 11.2. The number of ether oxygens (including phenoxy) is 1. The van der Waals surface area contributed by atoms with E-state index in [1.165, 1.54) is 0 Å². The third-order valence-electron chi connectivity index (χ3n) is 2.02. The number of hydrogen-bond donors (Lipinski definition) is 0. The third kappa shape index (κ3) is 4.11. The number of hydrogen-bond acceptors (Lipinski definition) is 2. The summed E-state index contributed by atoms with van der Waals surface area (Å²) in [6.45, 7) is 4.94. The summed E-state index contributed by atoms with van der Waals surface area (Å²) in [4.78, 5) is 11.2. The molecule has 0 aromatic heterocycles. The Balaban J connectivity index is 2.41. The summed E-state index contributed by atoms with van der Waals surface area (Å²) in [5.74, 6) is 1.63. The fourth-order valence-electron chi connectivity index (χ4n) is 1.31. The highest BCUT2D eigenvalue weighted by molar-refractivity contribution is 5.90. The standard InChI is InChI=1S/C11H18O2/c1-9(2)8-13-11-6-4-3-5-10(12)7-11/h7,9H,3-6,8H2,1-2H3. The summed E-state index contributed by atoms with van der Waals surface area (Å²) >= 11 is 0. The highest BCUT2D eigenvalue weighted by Gasteiger charge is 2.09. The summed E-state index contributed by atoms with van der Waals surface area (Å²) in [6.07, 6.45) is 5.38. The molecule has 2 nitrogen and oxygen atoms in total. The number of carbonyl (C=O) groups is 1. The molecule has 0 fully saturated rings. The predicted octanol–water partition coefficient (Wildman–Crippen LogP) is 2.69. The van der Waals surface area contributed by atoms with E-state index in [9.17, 15) is 4.79 Å². The molecule has 0 unspecified atom stereocenters. The Labute approximate surface area is 80.0 Å². The van der Waals surface area contributed by atoms with Crippen LogP contribution in [0.5, 0.6) is 0 Å². The Morgan fingerprint density at radius 3 is 2.77 bits per heavy atom. The molecule has 0 N–H and O–H groups in total. The van der Waals surface area contributed by atoms with Crippen LogP contribution >= 0.6 is 0 Å². The highest BCUT2D eigenvalue weighted by Crippen LogP contribution is 2.16. The number of ketones is 1. The average Bonchev–Trinajstić information content (AvgIpc) is 2.26. The number of carbonyl (C=O) groups excluding carboxylic acids is 1. The van der Waals surface area contributed by atoms with Crippen LogP contribution in [0.2, 0.25) is 0 Å². The van der Waals surface area contributed by atoms with Crippen molar-refractivity contribution in [3.8, 4) is 0 Å². The Kier molecular flexibility index (Phi) is 4.00. The van der Waals surface area contributed by atoms with Gasteiger partial charge in [-0.25, -0.2) is 0 Å². The van der Waals surface area contributed by atoms with Crippen molar-refractivity contribution in [2.24, 2.45) is 5.92 Å². The molecule has 0 saturated carbocycles. The SMILES string of the molecule is CC(C)COC1=CC(=O)CCCC1. The molecule has 2 heteroatoms. The van der Waals surface area contributed by atoms with Gasteiger partial charge >= 0.3 is 0 Å². The molecule has 1 aliphatic carbocycles. The van der Waals surface area contributed by atoms with E-state index in [1.54, 1.807) is 6.08 Å². The lowest BCUT2D eigenvalue weighted by atomic mass is 10.2. The van der Waals surface area contributed by atoms with E-state index >= 15 is 0 Å².